The highest BCUT2D eigenvalue weighted by Gasteiger charge is 2.35. The van der Waals surface area contributed by atoms with Gasteiger partial charge in [-0.15, -0.1) is 0 Å². The van der Waals surface area contributed by atoms with Crippen LogP contribution in [0, 0.1) is 11.7 Å². The largest absolute Gasteiger partial charge is 0.508 e. The van der Waals surface area contributed by atoms with Crippen molar-refractivity contribution in [2.24, 2.45) is 5.92 Å². The number of aromatic hydroxyl groups is 1. The molecule has 7 rings (SSSR count). The fraction of sp³-hybridized carbons (Fsp3) is 0.400. The van der Waals surface area contributed by atoms with Crippen LogP contribution in [0.3, 0.4) is 0 Å². The van der Waals surface area contributed by atoms with Gasteiger partial charge in [0.2, 0.25) is 5.95 Å². The summed E-state index contributed by atoms with van der Waals surface area (Å²) in [4.78, 5) is 16.6. The molecule has 0 radical (unpaired) electrons. The van der Waals surface area contributed by atoms with Crippen molar-refractivity contribution in [2.45, 2.75) is 24.9 Å². The first-order chi connectivity index (χ1) is 18.4. The summed E-state index contributed by atoms with van der Waals surface area (Å²) in [5, 5.41) is 16.6. The molecule has 38 heavy (non-hydrogen) atoms. The summed E-state index contributed by atoms with van der Waals surface area (Å²) in [5.74, 6) is 1.73. The van der Waals surface area contributed by atoms with E-state index in [2.05, 4.69) is 34.1 Å². The van der Waals surface area contributed by atoms with Gasteiger partial charge in [0.25, 0.3) is 0 Å². The molecule has 0 amide bonds. The highest BCUT2D eigenvalue weighted by molar-refractivity contribution is 6.01. The fourth-order valence-corrected chi connectivity index (χ4v) is 6.58. The monoisotopic (exact) mass is 512 g/mol. The molecule has 4 aromatic rings. The molecule has 2 N–H and O–H groups in total. The number of rotatable bonds is 5. The molecular formula is C30H33FN6O. The number of phenolic OH excluding ortho intramolecular Hbond substituents is 1. The molecule has 8 heteroatoms. The molecule has 7 nitrogen and oxygen atoms in total. The molecule has 0 saturated carbocycles. The lowest BCUT2D eigenvalue weighted by atomic mass is 9.96. The first kappa shape index (κ1) is 23.6. The van der Waals surface area contributed by atoms with Gasteiger partial charge in [0, 0.05) is 61.7 Å². The molecule has 3 aliphatic heterocycles. The van der Waals surface area contributed by atoms with Crippen molar-refractivity contribution in [1.82, 2.24) is 20.2 Å². The van der Waals surface area contributed by atoms with E-state index >= 15 is 4.39 Å². The van der Waals surface area contributed by atoms with Crippen LogP contribution in [0.25, 0.3) is 32.8 Å². The number of halogens is 1. The minimum absolute atomic E-state index is 0.117. The van der Waals surface area contributed by atoms with E-state index in [1.54, 1.807) is 12.1 Å². The lowest BCUT2D eigenvalue weighted by molar-refractivity contribution is 0.281. The summed E-state index contributed by atoms with van der Waals surface area (Å²) in [7, 11) is 4.18. The maximum absolute atomic E-state index is 16.5. The summed E-state index contributed by atoms with van der Waals surface area (Å²) >= 11 is 0. The number of benzene rings is 3. The molecule has 0 unspecified atom stereocenters. The maximum atomic E-state index is 16.5. The van der Waals surface area contributed by atoms with Crippen molar-refractivity contribution in [3.8, 4) is 16.9 Å². The average Bonchev–Trinajstić information content (AvgIpc) is 3.22. The molecule has 196 valence electrons. The van der Waals surface area contributed by atoms with Gasteiger partial charge in [-0.3, -0.25) is 0 Å². The van der Waals surface area contributed by atoms with E-state index in [1.807, 2.05) is 36.4 Å². The number of anilines is 2. The summed E-state index contributed by atoms with van der Waals surface area (Å²) in [5.41, 5.74) is 1.45. The zero-order valence-electron chi connectivity index (χ0n) is 21.9. The van der Waals surface area contributed by atoms with Gasteiger partial charge in [-0.05, 0) is 61.5 Å². The van der Waals surface area contributed by atoms with E-state index in [-0.39, 0.29) is 11.6 Å². The first-order valence-electron chi connectivity index (χ1n) is 13.6. The zero-order valence-corrected chi connectivity index (χ0v) is 21.9. The Kier molecular flexibility index (Phi) is 5.63. The van der Waals surface area contributed by atoms with Crippen molar-refractivity contribution >= 4 is 33.4 Å². The lowest BCUT2D eigenvalue weighted by Crippen LogP contribution is -2.52. The van der Waals surface area contributed by atoms with Crippen molar-refractivity contribution < 1.29 is 9.50 Å². The topological polar surface area (TPSA) is 67.8 Å². The standard InChI is InChI=1S/C30H33FN6O/c1-35(2)13-18-14-37(15-18)30-33-28-25(29(34-30)36-16-20-7-8-21(17-36)32-20)10-9-24(27(28)31)26-12-22(38)11-19-5-3-4-6-23(19)26/h3-6,9-12,18,20-21,32,38H,7-8,13-17H2,1-2H3/t20-,21+. The van der Waals surface area contributed by atoms with E-state index in [0.717, 1.165) is 54.7 Å². The SMILES string of the molecule is CN(C)CC1CN(c2nc(N3C[C@H]4CC[C@@H](C3)N4)c3ccc(-c4cc(O)cc5ccccc45)c(F)c3n2)C1. The van der Waals surface area contributed by atoms with E-state index in [9.17, 15) is 5.11 Å². The minimum Gasteiger partial charge on any atom is -0.508 e. The Hall–Kier alpha value is -3.49. The number of phenols is 1. The zero-order chi connectivity index (χ0) is 26.0. The number of piperazine rings is 1. The van der Waals surface area contributed by atoms with Gasteiger partial charge >= 0.3 is 0 Å². The first-order valence-corrected chi connectivity index (χ1v) is 13.6. The summed E-state index contributed by atoms with van der Waals surface area (Å²) in [6.45, 7) is 4.49. The lowest BCUT2D eigenvalue weighted by Gasteiger charge is -2.41. The van der Waals surface area contributed by atoms with Crippen LogP contribution in [0.5, 0.6) is 5.75 Å². The Bertz CT molecular complexity index is 1520. The quantitative estimate of drug-likeness (QED) is 0.415. The highest BCUT2D eigenvalue weighted by Crippen LogP contribution is 2.39. The Morgan fingerprint density at radius 3 is 2.45 bits per heavy atom. The predicted molar refractivity (Wildman–Crippen MR) is 151 cm³/mol. The van der Waals surface area contributed by atoms with E-state index in [0.29, 0.717) is 40.6 Å². The predicted octanol–water partition coefficient (Wildman–Crippen LogP) is 4.23. The second-order valence-electron chi connectivity index (χ2n) is 11.5. The van der Waals surface area contributed by atoms with Crippen molar-refractivity contribution in [3.63, 3.8) is 0 Å². The van der Waals surface area contributed by atoms with Crippen molar-refractivity contribution in [2.75, 3.05) is 56.6 Å². The number of fused-ring (bicyclic) bond motifs is 4. The third-order valence-electron chi connectivity index (χ3n) is 8.29. The average molecular weight is 513 g/mol. The number of hydrogen-bond donors (Lipinski definition) is 2. The Balaban J connectivity index is 1.36. The third-order valence-corrected chi connectivity index (χ3v) is 8.29. The number of nitrogens with zero attached hydrogens (tertiary/aromatic N) is 5. The van der Waals surface area contributed by atoms with Crippen molar-refractivity contribution in [3.05, 3.63) is 54.3 Å². The van der Waals surface area contributed by atoms with Crippen LogP contribution in [0.15, 0.2) is 48.5 Å². The third kappa shape index (κ3) is 4.03. The van der Waals surface area contributed by atoms with Crippen LogP contribution in [0.1, 0.15) is 12.8 Å². The molecule has 3 fully saturated rings. The minimum atomic E-state index is -0.369. The van der Waals surface area contributed by atoms with Crippen LogP contribution in [0.4, 0.5) is 16.2 Å². The van der Waals surface area contributed by atoms with Crippen LogP contribution in [-0.4, -0.2) is 78.9 Å². The van der Waals surface area contributed by atoms with Gasteiger partial charge in [-0.2, -0.15) is 4.98 Å². The van der Waals surface area contributed by atoms with Crippen LogP contribution >= 0.6 is 0 Å². The number of nitrogens with one attached hydrogen (secondary N) is 1. The summed E-state index contributed by atoms with van der Waals surface area (Å²) in [6, 6.07) is 15.8. The molecule has 2 atom stereocenters. The highest BCUT2D eigenvalue weighted by atomic mass is 19.1. The molecule has 2 bridgehead atoms. The van der Waals surface area contributed by atoms with Gasteiger partial charge in [-0.1, -0.05) is 30.3 Å². The van der Waals surface area contributed by atoms with Gasteiger partial charge in [0.1, 0.15) is 17.1 Å². The molecule has 3 saturated heterocycles. The Morgan fingerprint density at radius 2 is 1.68 bits per heavy atom. The van der Waals surface area contributed by atoms with E-state index in [4.69, 9.17) is 9.97 Å². The normalized spacial score (nSPS) is 21.6. The molecule has 1 aromatic heterocycles. The summed E-state index contributed by atoms with van der Waals surface area (Å²) < 4.78 is 16.5. The maximum Gasteiger partial charge on any atom is 0.228 e. The van der Waals surface area contributed by atoms with Gasteiger partial charge in [0.05, 0.1) is 0 Å². The van der Waals surface area contributed by atoms with Crippen LogP contribution in [-0.2, 0) is 0 Å². The molecule has 0 aliphatic carbocycles. The summed E-state index contributed by atoms with van der Waals surface area (Å²) in [6.07, 6.45) is 2.33. The van der Waals surface area contributed by atoms with E-state index < -0.39 is 0 Å². The Labute approximate surface area is 221 Å². The molecular weight excluding hydrogens is 479 g/mol. The van der Waals surface area contributed by atoms with Gasteiger partial charge < -0.3 is 25.1 Å². The number of aromatic nitrogens is 2. The van der Waals surface area contributed by atoms with Gasteiger partial charge in [0.15, 0.2) is 5.82 Å². The fourth-order valence-electron chi connectivity index (χ4n) is 6.58. The van der Waals surface area contributed by atoms with Crippen LogP contribution < -0.4 is 15.1 Å². The smallest absolute Gasteiger partial charge is 0.228 e. The molecule has 3 aromatic carbocycles. The van der Waals surface area contributed by atoms with Gasteiger partial charge in [-0.25, -0.2) is 9.37 Å². The van der Waals surface area contributed by atoms with E-state index in [1.165, 1.54) is 12.8 Å². The van der Waals surface area contributed by atoms with Crippen molar-refractivity contribution in [1.29, 1.82) is 0 Å². The second-order valence-corrected chi connectivity index (χ2v) is 11.5. The second kappa shape index (κ2) is 9.06. The molecule has 4 heterocycles. The Morgan fingerprint density at radius 1 is 0.921 bits per heavy atom. The molecule has 0 spiro atoms. The van der Waals surface area contributed by atoms with Crippen LogP contribution in [0.2, 0.25) is 0 Å². The molecule has 3 aliphatic rings. The number of hydrogen-bond acceptors (Lipinski definition) is 7.